The number of likely N-dealkylation sites (tertiary alicyclic amines) is 1. The maximum absolute atomic E-state index is 12.0. The fourth-order valence-electron chi connectivity index (χ4n) is 2.87. The predicted octanol–water partition coefficient (Wildman–Crippen LogP) is 2.35. The summed E-state index contributed by atoms with van der Waals surface area (Å²) in [5.74, 6) is -0.312. The molecule has 0 bridgehead atoms. The van der Waals surface area contributed by atoms with E-state index in [4.69, 9.17) is 9.84 Å². The van der Waals surface area contributed by atoms with E-state index in [-0.39, 0.29) is 17.9 Å². The minimum Gasteiger partial charge on any atom is -0.481 e. The average molecular weight is 269 g/mol. The molecule has 1 saturated heterocycles. The van der Waals surface area contributed by atoms with Gasteiger partial charge in [-0.05, 0) is 51.9 Å². The van der Waals surface area contributed by atoms with Gasteiger partial charge in [-0.3, -0.25) is 4.79 Å². The van der Waals surface area contributed by atoms with Crippen LogP contribution in [0.15, 0.2) is 0 Å². The van der Waals surface area contributed by atoms with Crippen LogP contribution in [0, 0.1) is 17.8 Å². The van der Waals surface area contributed by atoms with Crippen molar-refractivity contribution >= 4 is 12.1 Å². The van der Waals surface area contributed by atoms with Gasteiger partial charge in [-0.25, -0.2) is 4.79 Å². The van der Waals surface area contributed by atoms with Crippen LogP contribution in [0.1, 0.15) is 40.0 Å². The minimum atomic E-state index is -0.695. The molecule has 108 valence electrons. The lowest BCUT2D eigenvalue weighted by Gasteiger charge is -2.34. The van der Waals surface area contributed by atoms with Gasteiger partial charge in [0, 0.05) is 13.1 Å². The number of rotatable bonds is 2. The molecule has 1 heterocycles. The highest BCUT2D eigenvalue weighted by Crippen LogP contribution is 2.47. The quantitative estimate of drug-likeness (QED) is 0.835. The van der Waals surface area contributed by atoms with Crippen LogP contribution in [0.25, 0.3) is 0 Å². The van der Waals surface area contributed by atoms with Crippen molar-refractivity contribution in [2.24, 2.45) is 17.8 Å². The Morgan fingerprint density at radius 1 is 1.32 bits per heavy atom. The molecule has 2 fully saturated rings. The Bertz CT molecular complexity index is 374. The molecule has 0 aromatic carbocycles. The van der Waals surface area contributed by atoms with Crippen LogP contribution >= 0.6 is 0 Å². The third-order valence-corrected chi connectivity index (χ3v) is 3.87. The molecule has 1 N–H and O–H groups in total. The number of amides is 1. The second kappa shape index (κ2) is 5.02. The molecular formula is C14H23NO4. The highest BCUT2D eigenvalue weighted by Gasteiger charge is 2.49. The SMILES string of the molecule is CC(C)(C)OC(=O)N1CCCC([C@H]2C[C@@H]2C(=O)O)C1. The molecule has 0 radical (unpaired) electrons. The first-order chi connectivity index (χ1) is 8.78. The van der Waals surface area contributed by atoms with E-state index in [1.807, 2.05) is 20.8 Å². The minimum absolute atomic E-state index is 0.191. The molecular weight excluding hydrogens is 246 g/mol. The van der Waals surface area contributed by atoms with Gasteiger partial charge >= 0.3 is 12.1 Å². The molecule has 0 aromatic rings. The second-order valence-corrected chi connectivity index (χ2v) is 6.67. The van der Waals surface area contributed by atoms with Gasteiger partial charge in [0.1, 0.15) is 5.60 Å². The third-order valence-electron chi connectivity index (χ3n) is 3.87. The van der Waals surface area contributed by atoms with Gasteiger partial charge in [0.25, 0.3) is 0 Å². The maximum atomic E-state index is 12.0. The normalized spacial score (nSPS) is 30.9. The molecule has 3 atom stereocenters. The molecule has 1 unspecified atom stereocenters. The van der Waals surface area contributed by atoms with Crippen LogP contribution in [0.2, 0.25) is 0 Å². The molecule has 1 aliphatic carbocycles. The highest BCUT2D eigenvalue weighted by molar-refractivity contribution is 5.73. The number of nitrogens with zero attached hydrogens (tertiary/aromatic N) is 1. The topological polar surface area (TPSA) is 66.8 Å². The summed E-state index contributed by atoms with van der Waals surface area (Å²) in [6.45, 7) is 6.92. The van der Waals surface area contributed by atoms with Crippen LogP contribution < -0.4 is 0 Å². The zero-order valence-corrected chi connectivity index (χ0v) is 11.9. The van der Waals surface area contributed by atoms with Gasteiger partial charge in [-0.1, -0.05) is 0 Å². The van der Waals surface area contributed by atoms with Gasteiger partial charge in [0.2, 0.25) is 0 Å². The van der Waals surface area contributed by atoms with Crippen molar-refractivity contribution in [3.8, 4) is 0 Å². The number of aliphatic carboxylic acids is 1. The third kappa shape index (κ3) is 3.61. The van der Waals surface area contributed by atoms with E-state index in [1.54, 1.807) is 4.90 Å². The number of carboxylic acids is 1. The molecule has 0 aromatic heterocycles. The summed E-state index contributed by atoms with van der Waals surface area (Å²) >= 11 is 0. The van der Waals surface area contributed by atoms with Crippen LogP contribution in [-0.4, -0.2) is 40.8 Å². The maximum Gasteiger partial charge on any atom is 0.410 e. The summed E-state index contributed by atoms with van der Waals surface area (Å²) in [6, 6.07) is 0. The number of hydrogen-bond donors (Lipinski definition) is 1. The number of carbonyl (C=O) groups is 2. The van der Waals surface area contributed by atoms with E-state index in [0.717, 1.165) is 25.8 Å². The number of carboxylic acid groups (broad SMARTS) is 1. The van der Waals surface area contributed by atoms with Crippen molar-refractivity contribution in [3.63, 3.8) is 0 Å². The van der Waals surface area contributed by atoms with Gasteiger partial charge < -0.3 is 14.7 Å². The number of hydrogen-bond acceptors (Lipinski definition) is 3. The number of ether oxygens (including phenoxy) is 1. The zero-order chi connectivity index (χ0) is 14.2. The average Bonchev–Trinajstić information content (AvgIpc) is 3.06. The van der Waals surface area contributed by atoms with Crippen LogP contribution in [0.5, 0.6) is 0 Å². The van der Waals surface area contributed by atoms with E-state index in [0.29, 0.717) is 12.5 Å². The number of piperidine rings is 1. The molecule has 0 spiro atoms. The first-order valence-electron chi connectivity index (χ1n) is 6.98. The Morgan fingerprint density at radius 3 is 2.53 bits per heavy atom. The summed E-state index contributed by atoms with van der Waals surface area (Å²) in [6.07, 6.45) is 2.45. The summed E-state index contributed by atoms with van der Waals surface area (Å²) < 4.78 is 5.37. The van der Waals surface area contributed by atoms with Gasteiger partial charge in [0.05, 0.1) is 5.92 Å². The second-order valence-electron chi connectivity index (χ2n) is 6.67. The van der Waals surface area contributed by atoms with Crippen molar-refractivity contribution in [1.82, 2.24) is 4.90 Å². The largest absolute Gasteiger partial charge is 0.481 e. The van der Waals surface area contributed by atoms with E-state index in [2.05, 4.69) is 0 Å². The van der Waals surface area contributed by atoms with Gasteiger partial charge in [-0.15, -0.1) is 0 Å². The lowest BCUT2D eigenvalue weighted by atomic mass is 9.92. The molecule has 1 aliphatic heterocycles. The fourth-order valence-corrected chi connectivity index (χ4v) is 2.87. The Hall–Kier alpha value is -1.26. The predicted molar refractivity (Wildman–Crippen MR) is 69.8 cm³/mol. The van der Waals surface area contributed by atoms with E-state index < -0.39 is 11.6 Å². The summed E-state index contributed by atoms with van der Waals surface area (Å²) in [7, 11) is 0. The van der Waals surface area contributed by atoms with E-state index in [9.17, 15) is 9.59 Å². The zero-order valence-electron chi connectivity index (χ0n) is 11.9. The van der Waals surface area contributed by atoms with Crippen molar-refractivity contribution in [3.05, 3.63) is 0 Å². The van der Waals surface area contributed by atoms with Crippen LogP contribution in [0.3, 0.4) is 0 Å². The Kier molecular flexibility index (Phi) is 3.74. The summed E-state index contributed by atoms with van der Waals surface area (Å²) in [5, 5.41) is 8.98. The monoisotopic (exact) mass is 269 g/mol. The smallest absolute Gasteiger partial charge is 0.410 e. The lowest BCUT2D eigenvalue weighted by molar-refractivity contribution is -0.139. The fraction of sp³-hybridized carbons (Fsp3) is 0.857. The molecule has 5 heteroatoms. The van der Waals surface area contributed by atoms with Crippen molar-refractivity contribution in [2.75, 3.05) is 13.1 Å². The molecule has 2 aliphatic rings. The Morgan fingerprint density at radius 2 is 2.00 bits per heavy atom. The van der Waals surface area contributed by atoms with Crippen molar-refractivity contribution in [1.29, 1.82) is 0 Å². The lowest BCUT2D eigenvalue weighted by Crippen LogP contribution is -2.43. The highest BCUT2D eigenvalue weighted by atomic mass is 16.6. The molecule has 1 saturated carbocycles. The van der Waals surface area contributed by atoms with E-state index >= 15 is 0 Å². The van der Waals surface area contributed by atoms with Gasteiger partial charge in [0.15, 0.2) is 0 Å². The standard InChI is InChI=1S/C14H23NO4/c1-14(2,3)19-13(18)15-6-4-5-9(8-15)10-7-11(10)12(16)17/h9-11H,4-8H2,1-3H3,(H,16,17)/t9?,10-,11+/m1/s1. The first-order valence-corrected chi connectivity index (χ1v) is 6.98. The van der Waals surface area contributed by atoms with Gasteiger partial charge in [-0.2, -0.15) is 0 Å². The molecule has 5 nitrogen and oxygen atoms in total. The first kappa shape index (κ1) is 14.2. The van der Waals surface area contributed by atoms with E-state index in [1.165, 1.54) is 0 Å². The molecule has 2 rings (SSSR count). The summed E-state index contributed by atoms with van der Waals surface area (Å²) in [4.78, 5) is 24.7. The van der Waals surface area contributed by atoms with Crippen LogP contribution in [-0.2, 0) is 9.53 Å². The molecule has 1 amide bonds. The van der Waals surface area contributed by atoms with Crippen LogP contribution in [0.4, 0.5) is 4.79 Å². The Labute approximate surface area is 113 Å². The molecule has 19 heavy (non-hydrogen) atoms. The Balaban J connectivity index is 1.88. The summed E-state index contributed by atoms with van der Waals surface area (Å²) in [5.41, 5.74) is -0.479. The van der Waals surface area contributed by atoms with Crippen molar-refractivity contribution < 1.29 is 19.4 Å². The number of carbonyl (C=O) groups excluding carboxylic acids is 1. The van der Waals surface area contributed by atoms with Crippen molar-refractivity contribution in [2.45, 2.75) is 45.6 Å².